The molecule has 1 amide bonds. The van der Waals surface area contributed by atoms with Crippen LogP contribution in [-0.2, 0) is 15.3 Å². The summed E-state index contributed by atoms with van der Waals surface area (Å²) in [6, 6.07) is 16.8. The molecule has 0 fully saturated rings. The molecular formula is C19H16F3NO2S2. The topological polar surface area (TPSA) is 38.3 Å². The lowest BCUT2D eigenvalue weighted by molar-refractivity contribution is -0.133. The van der Waals surface area contributed by atoms with Gasteiger partial charge in [-0.15, -0.1) is 23.5 Å². The van der Waals surface area contributed by atoms with Crippen molar-refractivity contribution in [2.24, 2.45) is 0 Å². The smallest absolute Gasteiger partial charge is 0.450 e. The molecule has 0 atom stereocenters. The van der Waals surface area contributed by atoms with E-state index in [1.54, 1.807) is 23.9 Å². The van der Waals surface area contributed by atoms with Gasteiger partial charge in [-0.2, -0.15) is 13.2 Å². The van der Waals surface area contributed by atoms with E-state index in [0.717, 1.165) is 22.2 Å². The fourth-order valence-electron chi connectivity index (χ4n) is 2.42. The molecule has 8 heteroatoms. The number of allylic oxidation sites excluding steroid dienone is 1. The Morgan fingerprint density at radius 2 is 1.81 bits per heavy atom. The Morgan fingerprint density at radius 3 is 2.56 bits per heavy atom. The quantitative estimate of drug-likeness (QED) is 0.664. The number of rotatable bonds is 5. The molecule has 27 heavy (non-hydrogen) atoms. The van der Waals surface area contributed by atoms with Crippen molar-refractivity contribution in [2.45, 2.75) is 16.8 Å². The maximum absolute atomic E-state index is 13.1. The molecule has 2 aromatic rings. The second-order valence-corrected chi connectivity index (χ2v) is 7.72. The first-order chi connectivity index (χ1) is 12.9. The van der Waals surface area contributed by atoms with Crippen LogP contribution in [0.5, 0.6) is 0 Å². The van der Waals surface area contributed by atoms with E-state index in [2.05, 4.69) is 5.32 Å². The Bertz CT molecular complexity index is 838. The molecule has 0 bridgehead atoms. The second-order valence-electron chi connectivity index (χ2n) is 5.57. The fraction of sp³-hybridized carbons (Fsp3) is 0.211. The molecule has 0 spiro atoms. The third-order valence-corrected chi connectivity index (χ3v) is 5.74. The van der Waals surface area contributed by atoms with E-state index in [4.69, 9.17) is 4.74 Å². The minimum absolute atomic E-state index is 0.0689. The zero-order valence-corrected chi connectivity index (χ0v) is 15.7. The molecule has 142 valence electrons. The van der Waals surface area contributed by atoms with Gasteiger partial charge in [0.1, 0.15) is 4.91 Å². The summed E-state index contributed by atoms with van der Waals surface area (Å²) in [6.45, 7) is -0.0689. The van der Waals surface area contributed by atoms with E-state index in [-0.39, 0.29) is 6.61 Å². The van der Waals surface area contributed by atoms with E-state index >= 15 is 0 Å². The van der Waals surface area contributed by atoms with Crippen molar-refractivity contribution in [3.63, 3.8) is 0 Å². The monoisotopic (exact) mass is 411 g/mol. The van der Waals surface area contributed by atoms with E-state index in [0.29, 0.717) is 17.2 Å². The van der Waals surface area contributed by atoms with E-state index in [1.807, 2.05) is 42.5 Å². The first-order valence-corrected chi connectivity index (χ1v) is 10.1. The summed E-state index contributed by atoms with van der Waals surface area (Å²) >= 11 is 2.44. The maximum Gasteiger partial charge on any atom is 0.450 e. The first-order valence-electron chi connectivity index (χ1n) is 8.09. The summed E-state index contributed by atoms with van der Waals surface area (Å²) in [5, 5.41) is 2.61. The Morgan fingerprint density at radius 1 is 1.11 bits per heavy atom. The molecule has 0 aromatic heterocycles. The van der Waals surface area contributed by atoms with Gasteiger partial charge in [-0.05, 0) is 23.8 Å². The van der Waals surface area contributed by atoms with Crippen LogP contribution in [0.4, 0.5) is 18.9 Å². The Labute approximate surface area is 163 Å². The minimum Gasteiger partial charge on any atom is -0.487 e. The minimum atomic E-state index is -4.69. The number of carbonyl (C=O) groups is 1. The molecule has 0 unspecified atom stereocenters. The zero-order chi connectivity index (χ0) is 19.3. The third-order valence-electron chi connectivity index (χ3n) is 3.65. The number of anilines is 1. The highest BCUT2D eigenvalue weighted by atomic mass is 32.2. The van der Waals surface area contributed by atoms with Gasteiger partial charge in [0.2, 0.25) is 5.76 Å². The molecule has 1 heterocycles. The molecule has 1 N–H and O–H groups in total. The number of benzene rings is 2. The number of amides is 1. The lowest BCUT2D eigenvalue weighted by Gasteiger charge is -2.22. The summed E-state index contributed by atoms with van der Waals surface area (Å²) in [7, 11) is 0. The third kappa shape index (κ3) is 5.23. The number of thioether (sulfide) groups is 2. The molecule has 2 aromatic carbocycles. The molecule has 3 nitrogen and oxygen atoms in total. The van der Waals surface area contributed by atoms with Crippen LogP contribution in [0.2, 0.25) is 0 Å². The van der Waals surface area contributed by atoms with Crippen molar-refractivity contribution >= 4 is 35.1 Å². The highest BCUT2D eigenvalue weighted by Crippen LogP contribution is 2.37. The number of carbonyl (C=O) groups excluding carboxylic acids is 1. The average Bonchev–Trinajstić information content (AvgIpc) is 2.67. The van der Waals surface area contributed by atoms with Gasteiger partial charge < -0.3 is 10.1 Å². The number of alkyl halides is 3. The SMILES string of the molecule is O=C(Nc1ccccc1CSc1ccccc1)C1=C(C(F)(F)F)OCCS1. The Hall–Kier alpha value is -2.06. The molecule has 1 aliphatic rings. The van der Waals surface area contributed by atoms with Crippen LogP contribution in [0.3, 0.4) is 0 Å². The fourth-order valence-corrected chi connectivity index (χ4v) is 4.20. The predicted octanol–water partition coefficient (Wildman–Crippen LogP) is 5.45. The van der Waals surface area contributed by atoms with Crippen molar-refractivity contribution in [2.75, 3.05) is 17.7 Å². The van der Waals surface area contributed by atoms with Gasteiger partial charge in [0.15, 0.2) is 0 Å². The summed E-state index contributed by atoms with van der Waals surface area (Å²) in [5.74, 6) is -1.14. The van der Waals surface area contributed by atoms with Gasteiger partial charge in [-0.25, -0.2) is 0 Å². The van der Waals surface area contributed by atoms with Gasteiger partial charge in [0.05, 0.1) is 6.61 Å². The molecule has 1 aliphatic heterocycles. The molecule has 0 aliphatic carbocycles. The van der Waals surface area contributed by atoms with Crippen LogP contribution in [-0.4, -0.2) is 24.4 Å². The van der Waals surface area contributed by atoms with Crippen LogP contribution in [0.25, 0.3) is 0 Å². The van der Waals surface area contributed by atoms with Gasteiger partial charge in [-0.3, -0.25) is 4.79 Å². The van der Waals surface area contributed by atoms with Crippen molar-refractivity contribution < 1.29 is 22.7 Å². The summed E-state index contributed by atoms with van der Waals surface area (Å²) < 4.78 is 44.0. The Kier molecular flexibility index (Phi) is 6.38. The summed E-state index contributed by atoms with van der Waals surface area (Å²) in [5.41, 5.74) is 1.32. The van der Waals surface area contributed by atoms with E-state index in [9.17, 15) is 18.0 Å². The summed E-state index contributed by atoms with van der Waals surface area (Å²) in [6.07, 6.45) is -4.69. The summed E-state index contributed by atoms with van der Waals surface area (Å²) in [4.78, 5) is 13.1. The lowest BCUT2D eigenvalue weighted by atomic mass is 10.2. The van der Waals surface area contributed by atoms with Gasteiger partial charge in [0, 0.05) is 22.1 Å². The number of halogens is 3. The lowest BCUT2D eigenvalue weighted by Crippen LogP contribution is -2.26. The number of nitrogens with one attached hydrogen (secondary N) is 1. The molecule has 0 radical (unpaired) electrons. The van der Waals surface area contributed by atoms with Gasteiger partial charge >= 0.3 is 6.18 Å². The van der Waals surface area contributed by atoms with Crippen LogP contribution in [0.15, 0.2) is 70.2 Å². The molecular weight excluding hydrogens is 395 g/mol. The van der Waals surface area contributed by atoms with Crippen molar-refractivity contribution in [1.29, 1.82) is 0 Å². The molecule has 0 saturated carbocycles. The van der Waals surface area contributed by atoms with Gasteiger partial charge in [0.25, 0.3) is 5.91 Å². The standard InChI is InChI=1S/C19H16F3NO2S2/c20-19(21,22)17-16(26-11-10-25-17)18(24)23-15-9-5-4-6-13(15)12-27-14-7-2-1-3-8-14/h1-9H,10-12H2,(H,23,24). The van der Waals surface area contributed by atoms with Crippen LogP contribution in [0.1, 0.15) is 5.56 Å². The van der Waals surface area contributed by atoms with Crippen molar-refractivity contribution in [3.8, 4) is 0 Å². The van der Waals surface area contributed by atoms with Crippen LogP contribution in [0, 0.1) is 0 Å². The number of hydrogen-bond donors (Lipinski definition) is 1. The highest BCUT2D eigenvalue weighted by Gasteiger charge is 2.42. The first kappa shape index (κ1) is 19.7. The molecule has 0 saturated heterocycles. The predicted molar refractivity (Wildman–Crippen MR) is 103 cm³/mol. The van der Waals surface area contributed by atoms with E-state index < -0.39 is 22.7 Å². The van der Waals surface area contributed by atoms with Crippen molar-refractivity contribution in [1.82, 2.24) is 0 Å². The van der Waals surface area contributed by atoms with Crippen molar-refractivity contribution in [3.05, 3.63) is 70.8 Å². The van der Waals surface area contributed by atoms with Gasteiger partial charge in [-0.1, -0.05) is 36.4 Å². The average molecular weight is 411 g/mol. The normalized spacial score (nSPS) is 14.6. The number of ether oxygens (including phenoxy) is 1. The maximum atomic E-state index is 13.1. The Balaban J connectivity index is 1.77. The zero-order valence-electron chi connectivity index (χ0n) is 14.1. The molecule has 3 rings (SSSR count). The van der Waals surface area contributed by atoms with Crippen LogP contribution < -0.4 is 5.32 Å². The second kappa shape index (κ2) is 8.75. The largest absolute Gasteiger partial charge is 0.487 e. The highest BCUT2D eigenvalue weighted by molar-refractivity contribution is 8.04. The number of para-hydroxylation sites is 1. The van der Waals surface area contributed by atoms with E-state index in [1.165, 1.54) is 0 Å². The van der Waals surface area contributed by atoms with Crippen LogP contribution >= 0.6 is 23.5 Å². The number of hydrogen-bond acceptors (Lipinski definition) is 4.